The summed E-state index contributed by atoms with van der Waals surface area (Å²) in [5.41, 5.74) is 4.66. The SMILES string of the molecule is CCCCCCCCCCCCC(CCCCCCCCCC)CN1C(=O)c2ccc3c4ccc5c6c(cc(-c7cc8sc9c(-c%10cc%11sc%12ccsc%12c%11s%10)csc9c8s7)c(c7ccc(c2c37)C1=O)c64)C(=O)N(CC(CCCCCCCCCC)CCCCCCCCCCCC)C5=O. The molecular formula is C88H110N2O4S6. The lowest BCUT2D eigenvalue weighted by molar-refractivity contribution is 0.0563. The van der Waals surface area contributed by atoms with E-state index >= 15 is 19.2 Å². The van der Waals surface area contributed by atoms with Gasteiger partial charge in [-0.05, 0) is 118 Å². The Bertz CT molecular complexity index is 4540. The second-order valence-corrected chi connectivity index (χ2v) is 36.2. The van der Waals surface area contributed by atoms with Crippen LogP contribution in [0.1, 0.15) is 326 Å². The number of rotatable bonds is 46. The molecule has 11 aromatic rings. The number of hydrogen-bond donors (Lipinski definition) is 0. The first-order valence-electron chi connectivity index (χ1n) is 40.0. The van der Waals surface area contributed by atoms with Crippen molar-refractivity contribution in [3.63, 3.8) is 0 Å². The van der Waals surface area contributed by atoms with Crippen LogP contribution in [0.3, 0.4) is 0 Å². The van der Waals surface area contributed by atoms with E-state index in [2.05, 4.69) is 80.9 Å². The van der Waals surface area contributed by atoms with Gasteiger partial charge >= 0.3 is 0 Å². The lowest BCUT2D eigenvalue weighted by atomic mass is 9.80. The molecule has 2 unspecified atom stereocenters. The Balaban J connectivity index is 0.840. The summed E-state index contributed by atoms with van der Waals surface area (Å²) >= 11 is 11.2. The maximum Gasteiger partial charge on any atom is 0.261 e. The van der Waals surface area contributed by atoms with E-state index in [0.717, 1.165) is 105 Å². The van der Waals surface area contributed by atoms with Crippen molar-refractivity contribution in [2.45, 2.75) is 285 Å². The molecule has 2 aliphatic heterocycles. The third-order valence-corrected chi connectivity index (χ3v) is 30.1. The van der Waals surface area contributed by atoms with Gasteiger partial charge in [-0.15, -0.1) is 68.0 Å². The van der Waals surface area contributed by atoms with E-state index in [-0.39, 0.29) is 35.5 Å². The lowest BCUT2D eigenvalue weighted by Crippen LogP contribution is -2.43. The Kier molecular flexibility index (Phi) is 26.1. The fourth-order valence-corrected chi connectivity index (χ4v) is 25.2. The van der Waals surface area contributed by atoms with Crippen LogP contribution in [0.15, 0.2) is 71.4 Å². The summed E-state index contributed by atoms with van der Waals surface area (Å²) in [4.78, 5) is 67.9. The quantitative estimate of drug-likeness (QED) is 0.0165. The van der Waals surface area contributed by atoms with E-state index in [1.165, 1.54) is 254 Å². The molecule has 12 heteroatoms. The normalized spacial score (nSPS) is 14.2. The van der Waals surface area contributed by atoms with Crippen LogP contribution < -0.4 is 0 Å². The number of amides is 4. The molecule has 0 aliphatic carbocycles. The van der Waals surface area contributed by atoms with Gasteiger partial charge in [0, 0.05) is 86.5 Å². The van der Waals surface area contributed by atoms with Crippen LogP contribution in [0.4, 0.5) is 0 Å². The molecule has 0 bridgehead atoms. The van der Waals surface area contributed by atoms with Crippen LogP contribution in [0.5, 0.6) is 0 Å². The van der Waals surface area contributed by atoms with Crippen LogP contribution in [-0.2, 0) is 0 Å². The van der Waals surface area contributed by atoms with Crippen molar-refractivity contribution < 1.29 is 19.2 Å². The average molecular weight is 1450 g/mol. The van der Waals surface area contributed by atoms with Gasteiger partial charge in [-0.2, -0.15) is 0 Å². The minimum absolute atomic E-state index is 0.188. The number of fused-ring (bicyclic) bond motifs is 8. The van der Waals surface area contributed by atoms with Gasteiger partial charge in [-0.1, -0.05) is 277 Å². The number of unbranched alkanes of at least 4 members (excludes halogenated alkanes) is 32. The topological polar surface area (TPSA) is 74.8 Å². The Hall–Kier alpha value is -5.08. The molecule has 0 radical (unpaired) electrons. The van der Waals surface area contributed by atoms with Crippen LogP contribution in [0, 0.1) is 11.8 Å². The minimum Gasteiger partial charge on any atom is -0.274 e. The summed E-state index contributed by atoms with van der Waals surface area (Å²) in [6, 6.07) is 21.5. The second kappa shape index (κ2) is 35.6. The fourth-order valence-electron chi connectivity index (χ4n) is 17.2. The number of thiophene rings is 6. The van der Waals surface area contributed by atoms with E-state index in [0.29, 0.717) is 35.3 Å². The largest absolute Gasteiger partial charge is 0.274 e. The van der Waals surface area contributed by atoms with Crippen molar-refractivity contribution >= 4 is 172 Å². The van der Waals surface area contributed by atoms with E-state index in [1.54, 1.807) is 9.80 Å². The molecule has 2 atom stereocenters. The molecule has 6 aromatic heterocycles. The van der Waals surface area contributed by atoms with Gasteiger partial charge < -0.3 is 0 Å². The first kappa shape index (κ1) is 73.2. The summed E-state index contributed by atoms with van der Waals surface area (Å²) in [5, 5.41) is 11.7. The van der Waals surface area contributed by atoms with Gasteiger partial charge in [0.1, 0.15) is 0 Å². The summed E-state index contributed by atoms with van der Waals surface area (Å²) in [6.07, 6.45) is 49.9. The number of nitrogens with zero attached hydrogens (tertiary/aromatic N) is 2. The molecule has 532 valence electrons. The van der Waals surface area contributed by atoms with E-state index in [4.69, 9.17) is 0 Å². The van der Waals surface area contributed by atoms with Crippen molar-refractivity contribution in [1.29, 1.82) is 0 Å². The second-order valence-electron chi connectivity index (χ2n) is 30.2. The van der Waals surface area contributed by atoms with Gasteiger partial charge in [0.25, 0.3) is 23.6 Å². The van der Waals surface area contributed by atoms with Gasteiger partial charge in [0.15, 0.2) is 0 Å². The number of carbonyl (C=O) groups excluding carboxylic acids is 4. The predicted octanol–water partition coefficient (Wildman–Crippen LogP) is 30.2. The minimum atomic E-state index is -0.189. The van der Waals surface area contributed by atoms with Crippen LogP contribution in [-0.4, -0.2) is 46.5 Å². The van der Waals surface area contributed by atoms with E-state index < -0.39 is 0 Å². The molecule has 13 rings (SSSR count). The number of carbonyl (C=O) groups is 4. The smallest absolute Gasteiger partial charge is 0.261 e. The zero-order chi connectivity index (χ0) is 68.9. The highest BCUT2D eigenvalue weighted by atomic mass is 32.1. The summed E-state index contributed by atoms with van der Waals surface area (Å²) in [7, 11) is 0. The first-order valence-corrected chi connectivity index (χ1v) is 45.0. The monoisotopic (exact) mass is 1450 g/mol. The third kappa shape index (κ3) is 16.1. The molecule has 5 aromatic carbocycles. The van der Waals surface area contributed by atoms with Crippen molar-refractivity contribution in [1.82, 2.24) is 9.80 Å². The zero-order valence-electron chi connectivity index (χ0n) is 60.8. The molecule has 0 N–H and O–H groups in total. The van der Waals surface area contributed by atoms with E-state index in [1.807, 2.05) is 86.2 Å². The van der Waals surface area contributed by atoms with Gasteiger partial charge in [-0.25, -0.2) is 0 Å². The Labute approximate surface area is 620 Å². The highest BCUT2D eigenvalue weighted by Gasteiger charge is 2.39. The van der Waals surface area contributed by atoms with Gasteiger partial charge in [-0.3, -0.25) is 29.0 Å². The number of hydrogen-bond acceptors (Lipinski definition) is 10. The highest BCUT2D eigenvalue weighted by molar-refractivity contribution is 7.41. The average Bonchev–Trinajstić information content (AvgIpc) is 0.807. The Morgan fingerprint density at radius 1 is 0.290 bits per heavy atom. The number of benzene rings is 5. The predicted molar refractivity (Wildman–Crippen MR) is 441 cm³/mol. The molecule has 8 heterocycles. The molecule has 100 heavy (non-hydrogen) atoms. The molecule has 0 fully saturated rings. The Morgan fingerprint density at radius 2 is 0.670 bits per heavy atom. The fraction of sp³-hybridized carbons (Fsp3) is 0.545. The first-order chi connectivity index (χ1) is 49.2. The molecule has 0 saturated carbocycles. The highest BCUT2D eigenvalue weighted by Crippen LogP contribution is 2.55. The maximum atomic E-state index is 15.9. The van der Waals surface area contributed by atoms with Crippen LogP contribution in [0.2, 0.25) is 0 Å². The molecule has 0 saturated heterocycles. The standard InChI is InChI=1S/C88H110N2O4S6/c1-5-9-13-17-21-25-27-31-35-39-42-59(41-37-33-29-23-19-15-11-7-3)56-89-85(91)64-48-45-61-62-46-49-66-78-68(88(94)90(87(66)93)57-60(43-38-34-30-24-20-16-12-8-4)44-40-36-32-28-26-22-18-14-10-6-2)53-67(76(79(62)78)63-47-50-65(86(89)92)77(64)75(61)63)71-54-74-83(98-71)84-80(100-74)69(58-96-84)72-55-73-82(99-72)81-70(97-73)51-52-95-81/h45-55,58-60H,5-44,56-57H2,1-4H3. The van der Waals surface area contributed by atoms with Gasteiger partial charge in [0.2, 0.25) is 0 Å². The summed E-state index contributed by atoms with van der Waals surface area (Å²) < 4.78 is 10.6. The van der Waals surface area contributed by atoms with Crippen molar-refractivity contribution in [2.24, 2.45) is 11.8 Å². The van der Waals surface area contributed by atoms with Crippen LogP contribution in [0.25, 0.3) is 102 Å². The Morgan fingerprint density at radius 3 is 1.13 bits per heavy atom. The molecule has 2 aliphatic rings. The van der Waals surface area contributed by atoms with Crippen molar-refractivity contribution in [3.8, 4) is 20.9 Å². The summed E-state index contributed by atoms with van der Waals surface area (Å²) in [6.45, 7) is 10.0. The van der Waals surface area contributed by atoms with Gasteiger partial charge in [0.05, 0.1) is 23.5 Å². The summed E-state index contributed by atoms with van der Waals surface area (Å²) in [5.74, 6) is -0.264. The molecule has 6 nitrogen and oxygen atoms in total. The van der Waals surface area contributed by atoms with Crippen molar-refractivity contribution in [3.05, 3.63) is 93.7 Å². The molecular weight excluding hydrogens is 1340 g/mol. The lowest BCUT2D eigenvalue weighted by Gasteiger charge is -2.33. The maximum absolute atomic E-state index is 15.9. The molecule has 4 amide bonds. The molecule has 0 spiro atoms. The third-order valence-electron chi connectivity index (χ3n) is 22.8. The van der Waals surface area contributed by atoms with Crippen molar-refractivity contribution in [2.75, 3.05) is 13.1 Å². The van der Waals surface area contributed by atoms with E-state index in [9.17, 15) is 0 Å². The number of imide groups is 2. The zero-order valence-corrected chi connectivity index (χ0v) is 65.7. The van der Waals surface area contributed by atoms with Crippen LogP contribution >= 0.6 is 68.0 Å².